The SMILES string of the molecule is CNc1ccc([N+](=O)[O-])c(OCC2CCOC2)n1. The van der Waals surface area contributed by atoms with Crippen molar-refractivity contribution >= 4 is 11.5 Å². The number of ether oxygens (including phenoxy) is 2. The molecule has 98 valence electrons. The van der Waals surface area contributed by atoms with Crippen molar-refractivity contribution in [2.24, 2.45) is 5.92 Å². The van der Waals surface area contributed by atoms with Gasteiger partial charge in [0.1, 0.15) is 5.82 Å². The number of anilines is 1. The van der Waals surface area contributed by atoms with Crippen LogP contribution in [-0.2, 0) is 4.74 Å². The van der Waals surface area contributed by atoms with E-state index in [-0.39, 0.29) is 17.5 Å². The molecule has 1 aromatic rings. The van der Waals surface area contributed by atoms with Crippen molar-refractivity contribution in [3.8, 4) is 5.88 Å². The Balaban J connectivity index is 2.10. The number of nitro groups is 1. The topological polar surface area (TPSA) is 86.5 Å². The van der Waals surface area contributed by atoms with E-state index in [0.717, 1.165) is 13.0 Å². The van der Waals surface area contributed by atoms with Crippen molar-refractivity contribution in [3.63, 3.8) is 0 Å². The van der Waals surface area contributed by atoms with Crippen LogP contribution in [0.4, 0.5) is 11.5 Å². The van der Waals surface area contributed by atoms with Gasteiger partial charge in [0.15, 0.2) is 0 Å². The highest BCUT2D eigenvalue weighted by atomic mass is 16.6. The Hall–Kier alpha value is -1.89. The van der Waals surface area contributed by atoms with E-state index in [1.165, 1.54) is 6.07 Å². The van der Waals surface area contributed by atoms with Crippen molar-refractivity contribution in [1.82, 2.24) is 4.98 Å². The van der Waals surface area contributed by atoms with Gasteiger partial charge in [0.05, 0.1) is 18.1 Å². The highest BCUT2D eigenvalue weighted by Crippen LogP contribution is 2.27. The Bertz CT molecular complexity index is 432. The third-order valence-corrected chi connectivity index (χ3v) is 2.77. The van der Waals surface area contributed by atoms with E-state index < -0.39 is 4.92 Å². The zero-order valence-electron chi connectivity index (χ0n) is 10.1. The third kappa shape index (κ3) is 2.86. The summed E-state index contributed by atoms with van der Waals surface area (Å²) < 4.78 is 10.7. The normalized spacial score (nSPS) is 18.6. The Labute approximate surface area is 104 Å². The monoisotopic (exact) mass is 253 g/mol. The van der Waals surface area contributed by atoms with E-state index in [2.05, 4.69) is 10.3 Å². The van der Waals surface area contributed by atoms with Crippen LogP contribution >= 0.6 is 0 Å². The van der Waals surface area contributed by atoms with Crippen molar-refractivity contribution < 1.29 is 14.4 Å². The molecule has 0 bridgehead atoms. The van der Waals surface area contributed by atoms with E-state index in [4.69, 9.17) is 9.47 Å². The first-order valence-corrected chi connectivity index (χ1v) is 5.74. The van der Waals surface area contributed by atoms with Crippen LogP contribution in [0, 0.1) is 16.0 Å². The molecular weight excluding hydrogens is 238 g/mol. The van der Waals surface area contributed by atoms with Gasteiger partial charge in [-0.15, -0.1) is 0 Å². The molecule has 1 atom stereocenters. The molecule has 1 saturated heterocycles. The van der Waals surface area contributed by atoms with Crippen LogP contribution in [0.3, 0.4) is 0 Å². The first-order valence-electron chi connectivity index (χ1n) is 5.74. The maximum Gasteiger partial charge on any atom is 0.331 e. The highest BCUT2D eigenvalue weighted by Gasteiger charge is 2.21. The summed E-state index contributed by atoms with van der Waals surface area (Å²) in [6.07, 6.45) is 0.916. The average Bonchev–Trinajstić information content (AvgIpc) is 2.88. The lowest BCUT2D eigenvalue weighted by molar-refractivity contribution is -0.386. The fraction of sp³-hybridized carbons (Fsp3) is 0.545. The molecule has 1 N–H and O–H groups in total. The predicted octanol–water partition coefficient (Wildman–Crippen LogP) is 1.45. The van der Waals surface area contributed by atoms with Gasteiger partial charge >= 0.3 is 5.69 Å². The van der Waals surface area contributed by atoms with E-state index in [9.17, 15) is 10.1 Å². The maximum atomic E-state index is 10.9. The molecule has 1 aliphatic rings. The van der Waals surface area contributed by atoms with E-state index in [1.807, 2.05) is 0 Å². The van der Waals surface area contributed by atoms with Crippen molar-refractivity contribution in [2.75, 3.05) is 32.2 Å². The van der Waals surface area contributed by atoms with Gasteiger partial charge in [-0.05, 0) is 12.5 Å². The number of hydrogen-bond acceptors (Lipinski definition) is 6. The number of nitrogens with zero attached hydrogens (tertiary/aromatic N) is 2. The molecule has 0 spiro atoms. The molecule has 2 heterocycles. The van der Waals surface area contributed by atoms with Crippen LogP contribution in [-0.4, -0.2) is 36.8 Å². The Morgan fingerprint density at radius 2 is 2.50 bits per heavy atom. The molecule has 1 fully saturated rings. The van der Waals surface area contributed by atoms with E-state index in [1.54, 1.807) is 13.1 Å². The quantitative estimate of drug-likeness (QED) is 0.631. The molecule has 1 unspecified atom stereocenters. The molecule has 18 heavy (non-hydrogen) atoms. The van der Waals surface area contributed by atoms with Gasteiger partial charge in [-0.2, -0.15) is 4.98 Å². The number of pyridine rings is 1. The smallest absolute Gasteiger partial charge is 0.331 e. The van der Waals surface area contributed by atoms with Gasteiger partial charge < -0.3 is 14.8 Å². The molecule has 1 aliphatic heterocycles. The minimum atomic E-state index is -0.493. The highest BCUT2D eigenvalue weighted by molar-refractivity contribution is 5.48. The van der Waals surface area contributed by atoms with Gasteiger partial charge in [0.2, 0.25) is 0 Å². The fourth-order valence-corrected chi connectivity index (χ4v) is 1.73. The summed E-state index contributed by atoms with van der Waals surface area (Å²) >= 11 is 0. The molecule has 7 nitrogen and oxygen atoms in total. The second-order valence-corrected chi connectivity index (χ2v) is 4.07. The number of hydrogen-bond donors (Lipinski definition) is 1. The largest absolute Gasteiger partial charge is 0.472 e. The second-order valence-electron chi connectivity index (χ2n) is 4.07. The minimum Gasteiger partial charge on any atom is -0.472 e. The zero-order chi connectivity index (χ0) is 13.0. The van der Waals surface area contributed by atoms with Gasteiger partial charge in [0.25, 0.3) is 5.88 Å². The average molecular weight is 253 g/mol. The molecule has 0 amide bonds. The van der Waals surface area contributed by atoms with E-state index >= 15 is 0 Å². The summed E-state index contributed by atoms with van der Waals surface area (Å²) in [6.45, 7) is 1.75. The Morgan fingerprint density at radius 1 is 1.67 bits per heavy atom. The summed E-state index contributed by atoms with van der Waals surface area (Å²) in [5.41, 5.74) is -0.118. The van der Waals surface area contributed by atoms with Gasteiger partial charge in [-0.3, -0.25) is 10.1 Å². The van der Waals surface area contributed by atoms with Crippen molar-refractivity contribution in [2.45, 2.75) is 6.42 Å². The summed E-state index contributed by atoms with van der Waals surface area (Å²) in [6, 6.07) is 2.93. The summed E-state index contributed by atoms with van der Waals surface area (Å²) in [5, 5.41) is 13.7. The number of rotatable bonds is 5. The predicted molar refractivity (Wildman–Crippen MR) is 64.9 cm³/mol. The summed E-state index contributed by atoms with van der Waals surface area (Å²) in [4.78, 5) is 14.4. The molecule has 2 rings (SSSR count). The van der Waals surface area contributed by atoms with Gasteiger partial charge in [-0.1, -0.05) is 0 Å². The lowest BCUT2D eigenvalue weighted by atomic mass is 10.1. The van der Waals surface area contributed by atoms with Gasteiger partial charge in [0, 0.05) is 25.6 Å². The lowest BCUT2D eigenvalue weighted by Gasteiger charge is -2.10. The molecule has 1 aromatic heterocycles. The first kappa shape index (κ1) is 12.6. The third-order valence-electron chi connectivity index (χ3n) is 2.77. The van der Waals surface area contributed by atoms with E-state index in [0.29, 0.717) is 19.0 Å². The maximum absolute atomic E-state index is 10.9. The van der Waals surface area contributed by atoms with Crippen LogP contribution in [0.25, 0.3) is 0 Å². The summed E-state index contributed by atoms with van der Waals surface area (Å²) in [7, 11) is 1.70. The van der Waals surface area contributed by atoms with Crippen LogP contribution in [0.1, 0.15) is 6.42 Å². The lowest BCUT2D eigenvalue weighted by Crippen LogP contribution is -2.13. The van der Waals surface area contributed by atoms with Crippen LogP contribution < -0.4 is 10.1 Å². The molecule has 0 radical (unpaired) electrons. The second kappa shape index (κ2) is 5.63. The molecule has 0 aromatic carbocycles. The molecule has 0 aliphatic carbocycles. The first-order chi connectivity index (χ1) is 8.70. The molecule has 0 saturated carbocycles. The fourth-order valence-electron chi connectivity index (χ4n) is 1.73. The Morgan fingerprint density at radius 3 is 3.11 bits per heavy atom. The Kier molecular flexibility index (Phi) is 3.93. The molecule has 7 heteroatoms. The van der Waals surface area contributed by atoms with Crippen LogP contribution in [0.5, 0.6) is 5.88 Å². The van der Waals surface area contributed by atoms with Crippen molar-refractivity contribution in [1.29, 1.82) is 0 Å². The van der Waals surface area contributed by atoms with Crippen LogP contribution in [0.2, 0.25) is 0 Å². The molecular formula is C11H15N3O4. The van der Waals surface area contributed by atoms with Crippen molar-refractivity contribution in [3.05, 3.63) is 22.2 Å². The zero-order valence-corrected chi connectivity index (χ0v) is 10.1. The minimum absolute atomic E-state index is 0.0544. The number of aromatic nitrogens is 1. The standard InChI is InChI=1S/C11H15N3O4/c1-12-10-3-2-9(14(15)16)11(13-10)18-7-8-4-5-17-6-8/h2-3,8H,4-7H2,1H3,(H,12,13). The van der Waals surface area contributed by atoms with Gasteiger partial charge in [-0.25, -0.2) is 0 Å². The number of nitrogens with one attached hydrogen (secondary N) is 1. The summed E-state index contributed by atoms with van der Waals surface area (Å²) in [5.74, 6) is 0.877. The van der Waals surface area contributed by atoms with Crippen LogP contribution in [0.15, 0.2) is 12.1 Å².